The van der Waals surface area contributed by atoms with Gasteiger partial charge in [-0.3, -0.25) is 14.5 Å². The van der Waals surface area contributed by atoms with Crippen LogP contribution in [0.5, 0.6) is 0 Å². The number of aryl methyl sites for hydroxylation is 1. The topological polar surface area (TPSA) is 61.8 Å². The van der Waals surface area contributed by atoms with E-state index in [9.17, 15) is 9.59 Å². The molecule has 2 amide bonds. The Bertz CT molecular complexity index is 941. The Morgan fingerprint density at radius 3 is 2.68 bits per heavy atom. The normalized spacial score (nSPS) is 20.6. The molecule has 4 rings (SSSR count). The third-order valence-electron chi connectivity index (χ3n) is 4.60. The number of rotatable bonds is 5. The maximum Gasteiger partial charge on any atom is 0.242 e. The summed E-state index contributed by atoms with van der Waals surface area (Å²) < 4.78 is 0. The van der Waals surface area contributed by atoms with Gasteiger partial charge in [-0.1, -0.05) is 35.5 Å². The lowest BCUT2D eigenvalue weighted by Gasteiger charge is -2.15. The number of hydrogen-bond acceptors (Lipinski definition) is 4. The standard InChI is InChI=1S/C21H20ClN3O2S/c1-13-3-2-4-16(11-13)24-21-25(17-9-10-17)20(27)18(28-21)12-19(26)23-15-7-5-14(22)6-8-15/h2-8,11,17-18H,9-10,12H2,1H3,(H,23,26)/t18-/m0/s1. The summed E-state index contributed by atoms with van der Waals surface area (Å²) in [6, 6.07) is 15.0. The smallest absolute Gasteiger partial charge is 0.242 e. The van der Waals surface area contributed by atoms with Gasteiger partial charge in [-0.05, 0) is 61.7 Å². The van der Waals surface area contributed by atoms with Crippen LogP contribution in [0.15, 0.2) is 53.5 Å². The minimum Gasteiger partial charge on any atom is -0.326 e. The molecule has 2 aliphatic rings. The molecule has 0 unspecified atom stereocenters. The zero-order valence-electron chi connectivity index (χ0n) is 15.4. The molecule has 1 aliphatic carbocycles. The van der Waals surface area contributed by atoms with Gasteiger partial charge in [-0.15, -0.1) is 0 Å². The van der Waals surface area contributed by atoms with E-state index in [0.29, 0.717) is 15.9 Å². The first-order chi connectivity index (χ1) is 13.5. The second-order valence-electron chi connectivity index (χ2n) is 7.04. The molecule has 1 saturated carbocycles. The number of aliphatic imine (C=N–C) groups is 1. The molecule has 1 atom stereocenters. The number of benzene rings is 2. The van der Waals surface area contributed by atoms with Gasteiger partial charge in [0, 0.05) is 23.2 Å². The van der Waals surface area contributed by atoms with Gasteiger partial charge in [0.15, 0.2) is 5.17 Å². The highest BCUT2D eigenvalue weighted by Gasteiger charge is 2.46. The number of anilines is 1. The highest BCUT2D eigenvalue weighted by molar-refractivity contribution is 8.15. The molecule has 1 aliphatic heterocycles. The monoisotopic (exact) mass is 413 g/mol. The lowest BCUT2D eigenvalue weighted by Crippen LogP contribution is -2.35. The molecule has 5 nitrogen and oxygen atoms in total. The van der Waals surface area contributed by atoms with Crippen LogP contribution in [0.25, 0.3) is 0 Å². The molecule has 0 bridgehead atoms. The highest BCUT2D eigenvalue weighted by Crippen LogP contribution is 2.39. The summed E-state index contributed by atoms with van der Waals surface area (Å²) in [5, 5.41) is 3.68. The quantitative estimate of drug-likeness (QED) is 0.767. The van der Waals surface area contributed by atoms with Gasteiger partial charge < -0.3 is 5.32 Å². The van der Waals surface area contributed by atoms with Crippen molar-refractivity contribution in [3.05, 3.63) is 59.1 Å². The van der Waals surface area contributed by atoms with Crippen molar-refractivity contribution in [1.82, 2.24) is 4.90 Å². The largest absolute Gasteiger partial charge is 0.326 e. The van der Waals surface area contributed by atoms with Crippen molar-refractivity contribution < 1.29 is 9.59 Å². The third-order valence-corrected chi connectivity index (χ3v) is 6.01. The minimum absolute atomic E-state index is 0.0230. The van der Waals surface area contributed by atoms with Gasteiger partial charge in [-0.2, -0.15) is 0 Å². The average molecular weight is 414 g/mol. The van der Waals surface area contributed by atoms with Crippen LogP contribution in [0.3, 0.4) is 0 Å². The van der Waals surface area contributed by atoms with Crippen LogP contribution in [0.1, 0.15) is 24.8 Å². The van der Waals surface area contributed by atoms with E-state index in [1.165, 1.54) is 11.8 Å². The lowest BCUT2D eigenvalue weighted by atomic mass is 10.2. The molecule has 0 spiro atoms. The second kappa shape index (κ2) is 7.97. The highest BCUT2D eigenvalue weighted by atomic mass is 35.5. The molecular formula is C21H20ClN3O2S. The van der Waals surface area contributed by atoms with Crippen molar-refractivity contribution in [1.29, 1.82) is 0 Å². The number of amides is 2. The van der Waals surface area contributed by atoms with E-state index in [1.54, 1.807) is 29.2 Å². The predicted octanol–water partition coefficient (Wildman–Crippen LogP) is 4.77. The molecule has 1 saturated heterocycles. The lowest BCUT2D eigenvalue weighted by molar-refractivity contribution is -0.128. The molecule has 2 aromatic rings. The van der Waals surface area contributed by atoms with E-state index < -0.39 is 5.25 Å². The summed E-state index contributed by atoms with van der Waals surface area (Å²) in [5.41, 5.74) is 2.61. The van der Waals surface area contributed by atoms with E-state index in [4.69, 9.17) is 16.6 Å². The molecule has 1 N–H and O–H groups in total. The predicted molar refractivity (Wildman–Crippen MR) is 114 cm³/mol. The Morgan fingerprint density at radius 2 is 2.00 bits per heavy atom. The van der Waals surface area contributed by atoms with Gasteiger partial charge in [0.2, 0.25) is 11.8 Å². The maximum absolute atomic E-state index is 12.9. The van der Waals surface area contributed by atoms with E-state index in [0.717, 1.165) is 24.1 Å². The van der Waals surface area contributed by atoms with Gasteiger partial charge in [-0.25, -0.2) is 4.99 Å². The number of carbonyl (C=O) groups excluding carboxylic acids is 2. The van der Waals surface area contributed by atoms with Crippen molar-refractivity contribution in [2.75, 3.05) is 5.32 Å². The van der Waals surface area contributed by atoms with Crippen LogP contribution >= 0.6 is 23.4 Å². The molecular weight excluding hydrogens is 394 g/mol. The minimum atomic E-state index is -0.448. The molecule has 2 fully saturated rings. The zero-order valence-corrected chi connectivity index (χ0v) is 17.0. The van der Waals surface area contributed by atoms with Gasteiger partial charge in [0.25, 0.3) is 0 Å². The molecule has 0 radical (unpaired) electrons. The summed E-state index contributed by atoms with van der Waals surface area (Å²) in [5.74, 6) is -0.217. The number of amidine groups is 1. The van der Waals surface area contributed by atoms with Crippen molar-refractivity contribution in [2.45, 2.75) is 37.5 Å². The molecule has 28 heavy (non-hydrogen) atoms. The molecule has 1 heterocycles. The van der Waals surface area contributed by atoms with E-state index >= 15 is 0 Å². The molecule has 144 valence electrons. The zero-order chi connectivity index (χ0) is 19.7. The summed E-state index contributed by atoms with van der Waals surface area (Å²) in [6.07, 6.45) is 2.09. The van der Waals surface area contributed by atoms with Crippen LogP contribution in [-0.2, 0) is 9.59 Å². The third kappa shape index (κ3) is 4.39. The van der Waals surface area contributed by atoms with Crippen molar-refractivity contribution >= 4 is 51.7 Å². The van der Waals surface area contributed by atoms with Gasteiger partial charge in [0.05, 0.1) is 5.69 Å². The van der Waals surface area contributed by atoms with Crippen molar-refractivity contribution in [3.8, 4) is 0 Å². The van der Waals surface area contributed by atoms with Crippen LogP contribution in [-0.4, -0.2) is 33.2 Å². The number of nitrogens with one attached hydrogen (secondary N) is 1. The first-order valence-electron chi connectivity index (χ1n) is 9.20. The summed E-state index contributed by atoms with van der Waals surface area (Å²) >= 11 is 7.25. The van der Waals surface area contributed by atoms with Crippen LogP contribution in [0.4, 0.5) is 11.4 Å². The van der Waals surface area contributed by atoms with Crippen molar-refractivity contribution in [2.24, 2.45) is 4.99 Å². The van der Waals surface area contributed by atoms with E-state index in [2.05, 4.69) is 5.32 Å². The van der Waals surface area contributed by atoms with Crippen LogP contribution < -0.4 is 5.32 Å². The molecule has 7 heteroatoms. The Kier molecular flexibility index (Phi) is 5.42. The average Bonchev–Trinajstić information content (AvgIpc) is 3.43. The van der Waals surface area contributed by atoms with E-state index in [-0.39, 0.29) is 24.3 Å². The fraction of sp³-hybridized carbons (Fsp3) is 0.286. The first-order valence-corrected chi connectivity index (χ1v) is 10.5. The number of nitrogens with zero attached hydrogens (tertiary/aromatic N) is 2. The Morgan fingerprint density at radius 1 is 1.25 bits per heavy atom. The summed E-state index contributed by atoms with van der Waals surface area (Å²) in [4.78, 5) is 31.8. The van der Waals surface area contributed by atoms with Crippen molar-refractivity contribution in [3.63, 3.8) is 0 Å². The van der Waals surface area contributed by atoms with Gasteiger partial charge >= 0.3 is 0 Å². The maximum atomic E-state index is 12.9. The molecule has 0 aromatic heterocycles. The van der Waals surface area contributed by atoms with Gasteiger partial charge in [0.1, 0.15) is 5.25 Å². The Hall–Kier alpha value is -2.31. The number of hydrogen-bond donors (Lipinski definition) is 1. The van der Waals surface area contributed by atoms with Crippen LogP contribution in [0, 0.1) is 6.92 Å². The SMILES string of the molecule is Cc1cccc(N=C2S[C@@H](CC(=O)Nc3ccc(Cl)cc3)C(=O)N2C2CC2)c1. The fourth-order valence-corrected chi connectivity index (χ4v) is 4.42. The summed E-state index contributed by atoms with van der Waals surface area (Å²) in [7, 11) is 0. The Balaban J connectivity index is 1.48. The number of thioether (sulfide) groups is 1. The number of carbonyl (C=O) groups is 2. The second-order valence-corrected chi connectivity index (χ2v) is 8.64. The Labute approximate surface area is 173 Å². The first kappa shape index (κ1) is 19.0. The molecule has 2 aromatic carbocycles. The summed E-state index contributed by atoms with van der Waals surface area (Å²) in [6.45, 7) is 2.01. The fourth-order valence-electron chi connectivity index (χ4n) is 3.08. The van der Waals surface area contributed by atoms with E-state index in [1.807, 2.05) is 31.2 Å². The van der Waals surface area contributed by atoms with Crippen LogP contribution in [0.2, 0.25) is 5.02 Å². The number of halogens is 1.